The first-order valence-electron chi connectivity index (χ1n) is 7.65. The van der Waals surface area contributed by atoms with Gasteiger partial charge in [0.25, 0.3) is 5.56 Å². The van der Waals surface area contributed by atoms with E-state index in [0.29, 0.717) is 33.2 Å². The van der Waals surface area contributed by atoms with Crippen molar-refractivity contribution in [1.29, 1.82) is 5.26 Å². The molecule has 0 radical (unpaired) electrons. The number of aromatic amines is 2. The third-order valence-electron chi connectivity index (χ3n) is 4.46. The summed E-state index contributed by atoms with van der Waals surface area (Å²) in [5.74, 6) is 0.0176. The maximum atomic E-state index is 12.5. The lowest BCUT2D eigenvalue weighted by molar-refractivity contribution is 0.435. The van der Waals surface area contributed by atoms with Gasteiger partial charge < -0.3 is 21.3 Å². The number of nitriles is 1. The molecule has 0 aliphatic carbocycles. The molecule has 1 aromatic carbocycles. The van der Waals surface area contributed by atoms with E-state index in [2.05, 4.69) is 15.2 Å². The molecule has 0 saturated heterocycles. The van der Waals surface area contributed by atoms with Crippen LogP contribution in [-0.2, 0) is 0 Å². The molecule has 1 aliphatic heterocycles. The van der Waals surface area contributed by atoms with Crippen molar-refractivity contribution in [3.05, 3.63) is 61.5 Å². The molecule has 130 valence electrons. The van der Waals surface area contributed by atoms with Gasteiger partial charge in [-0.1, -0.05) is 11.6 Å². The molecule has 6 N–H and O–H groups in total. The van der Waals surface area contributed by atoms with Crippen molar-refractivity contribution in [2.75, 3.05) is 11.5 Å². The zero-order chi connectivity index (χ0) is 18.6. The SMILES string of the molecule is Cc1[nH][nH]c(=O)c1C1c2cc(Cl)ccc2Oc2nc(N)c(C#N)c(N)c21. The monoisotopic (exact) mass is 368 g/mol. The quantitative estimate of drug-likeness (QED) is 0.405. The van der Waals surface area contributed by atoms with Crippen molar-refractivity contribution >= 4 is 23.1 Å². The standard InChI is InChI=1S/C17H13ClN6O2/c1-6-11(16(25)24-23-6)12-8-4-7(18)2-3-10(8)26-17-13(12)14(20)9(5-19)15(21)22-17/h2-4,12H,1H3,(H4,20,21,22)(H2,23,24,25). The van der Waals surface area contributed by atoms with E-state index in [-0.39, 0.29) is 28.5 Å². The molecule has 0 bridgehead atoms. The molecule has 1 atom stereocenters. The molecule has 3 aromatic rings. The van der Waals surface area contributed by atoms with Crippen LogP contribution in [-0.4, -0.2) is 15.2 Å². The molecular weight excluding hydrogens is 356 g/mol. The van der Waals surface area contributed by atoms with Gasteiger partial charge in [-0.15, -0.1) is 0 Å². The Bertz CT molecular complexity index is 1160. The van der Waals surface area contributed by atoms with Crippen molar-refractivity contribution in [2.45, 2.75) is 12.8 Å². The molecule has 1 aliphatic rings. The first kappa shape index (κ1) is 16.1. The van der Waals surface area contributed by atoms with Crippen LogP contribution in [0.15, 0.2) is 23.0 Å². The minimum atomic E-state index is -0.609. The van der Waals surface area contributed by atoms with E-state index in [1.165, 1.54) is 0 Å². The van der Waals surface area contributed by atoms with Crippen molar-refractivity contribution in [1.82, 2.24) is 15.2 Å². The smallest absolute Gasteiger partial charge is 0.268 e. The Kier molecular flexibility index (Phi) is 3.42. The number of H-pyrrole nitrogens is 2. The van der Waals surface area contributed by atoms with Gasteiger partial charge in [0.15, 0.2) is 0 Å². The highest BCUT2D eigenvalue weighted by atomic mass is 35.5. The highest BCUT2D eigenvalue weighted by Crippen LogP contribution is 2.50. The molecule has 2 aromatic heterocycles. The first-order chi connectivity index (χ1) is 12.4. The molecule has 1 unspecified atom stereocenters. The van der Waals surface area contributed by atoms with E-state index in [0.717, 1.165) is 0 Å². The van der Waals surface area contributed by atoms with Gasteiger partial charge in [-0.2, -0.15) is 10.2 Å². The second-order valence-corrected chi connectivity index (χ2v) is 6.39. The Morgan fingerprint density at radius 3 is 2.73 bits per heavy atom. The molecule has 0 spiro atoms. The second kappa shape index (κ2) is 5.54. The summed E-state index contributed by atoms with van der Waals surface area (Å²) in [6, 6.07) is 7.03. The lowest BCUT2D eigenvalue weighted by atomic mass is 9.82. The molecule has 0 fully saturated rings. The molecule has 3 heterocycles. The molecule has 8 nitrogen and oxygen atoms in total. The highest BCUT2D eigenvalue weighted by Gasteiger charge is 2.36. The van der Waals surface area contributed by atoms with Crippen LogP contribution in [0.1, 0.15) is 33.9 Å². The van der Waals surface area contributed by atoms with Crippen molar-refractivity contribution in [2.24, 2.45) is 0 Å². The number of fused-ring (bicyclic) bond motifs is 2. The summed E-state index contributed by atoms with van der Waals surface area (Å²) in [5.41, 5.74) is 14.1. The fraction of sp³-hybridized carbons (Fsp3) is 0.118. The average molecular weight is 369 g/mol. The highest BCUT2D eigenvalue weighted by molar-refractivity contribution is 6.30. The van der Waals surface area contributed by atoms with Crippen molar-refractivity contribution < 1.29 is 4.74 Å². The number of benzene rings is 1. The topological polar surface area (TPSA) is 147 Å². The predicted molar refractivity (Wildman–Crippen MR) is 96.4 cm³/mol. The number of rotatable bonds is 1. The van der Waals surface area contributed by atoms with Gasteiger partial charge in [-0.05, 0) is 25.1 Å². The lowest BCUT2D eigenvalue weighted by Crippen LogP contribution is -2.21. The van der Waals surface area contributed by atoms with Gasteiger partial charge in [-0.3, -0.25) is 9.89 Å². The zero-order valence-electron chi connectivity index (χ0n) is 13.6. The van der Waals surface area contributed by atoms with E-state index >= 15 is 0 Å². The zero-order valence-corrected chi connectivity index (χ0v) is 14.3. The maximum Gasteiger partial charge on any atom is 0.268 e. The summed E-state index contributed by atoms with van der Waals surface area (Å²) in [7, 11) is 0. The van der Waals surface area contributed by atoms with Crippen LogP contribution in [0, 0.1) is 18.3 Å². The summed E-state index contributed by atoms with van der Waals surface area (Å²) in [5, 5.41) is 15.2. The number of hydrogen-bond acceptors (Lipinski definition) is 6. The Labute approximate surface area is 152 Å². The lowest BCUT2D eigenvalue weighted by Gasteiger charge is -2.29. The molecule has 0 amide bonds. The summed E-state index contributed by atoms with van der Waals surface area (Å²) in [6.07, 6.45) is 0. The number of nitrogens with two attached hydrogens (primary N) is 2. The van der Waals surface area contributed by atoms with E-state index < -0.39 is 5.92 Å². The van der Waals surface area contributed by atoms with E-state index in [4.69, 9.17) is 27.8 Å². The summed E-state index contributed by atoms with van der Waals surface area (Å²) in [4.78, 5) is 16.6. The third kappa shape index (κ3) is 2.14. The molecule has 9 heteroatoms. The normalized spacial score (nSPS) is 14.9. The molecule has 0 saturated carbocycles. The Hall–Kier alpha value is -3.44. The number of hydrogen-bond donors (Lipinski definition) is 4. The number of nitrogens with zero attached hydrogens (tertiary/aromatic N) is 2. The van der Waals surface area contributed by atoms with Crippen LogP contribution >= 0.6 is 11.6 Å². The van der Waals surface area contributed by atoms with Gasteiger partial charge >= 0.3 is 0 Å². The Morgan fingerprint density at radius 1 is 1.31 bits per heavy atom. The number of halogens is 1. The largest absolute Gasteiger partial charge is 0.438 e. The van der Waals surface area contributed by atoms with E-state index in [1.807, 2.05) is 6.07 Å². The van der Waals surface area contributed by atoms with Crippen LogP contribution in [0.4, 0.5) is 11.5 Å². The summed E-state index contributed by atoms with van der Waals surface area (Å²) in [6.45, 7) is 1.76. The van der Waals surface area contributed by atoms with Crippen LogP contribution in [0.25, 0.3) is 0 Å². The minimum Gasteiger partial charge on any atom is -0.438 e. The van der Waals surface area contributed by atoms with Gasteiger partial charge in [-0.25, -0.2) is 0 Å². The number of anilines is 2. The van der Waals surface area contributed by atoms with Crippen molar-refractivity contribution in [3.63, 3.8) is 0 Å². The summed E-state index contributed by atoms with van der Waals surface area (Å²) >= 11 is 6.17. The number of pyridine rings is 1. The number of nitrogens with one attached hydrogen (secondary N) is 2. The Morgan fingerprint density at radius 2 is 2.08 bits per heavy atom. The van der Waals surface area contributed by atoms with Gasteiger partial charge in [0, 0.05) is 16.3 Å². The minimum absolute atomic E-state index is 0.0281. The number of aromatic nitrogens is 3. The number of nitrogen functional groups attached to an aromatic ring is 2. The fourth-order valence-electron chi connectivity index (χ4n) is 3.29. The van der Waals surface area contributed by atoms with Gasteiger partial charge in [0.2, 0.25) is 5.88 Å². The molecule has 4 rings (SSSR count). The average Bonchev–Trinajstić information content (AvgIpc) is 2.92. The van der Waals surface area contributed by atoms with E-state index in [9.17, 15) is 10.1 Å². The first-order valence-corrected chi connectivity index (χ1v) is 8.03. The van der Waals surface area contributed by atoms with Crippen LogP contribution in [0.2, 0.25) is 5.02 Å². The van der Waals surface area contributed by atoms with Crippen LogP contribution < -0.4 is 21.8 Å². The number of ether oxygens (including phenoxy) is 1. The van der Waals surface area contributed by atoms with Crippen LogP contribution in [0.5, 0.6) is 11.6 Å². The van der Waals surface area contributed by atoms with Gasteiger partial charge in [0.05, 0.1) is 22.7 Å². The van der Waals surface area contributed by atoms with Crippen LogP contribution in [0.3, 0.4) is 0 Å². The third-order valence-corrected chi connectivity index (χ3v) is 4.69. The van der Waals surface area contributed by atoms with Gasteiger partial charge in [0.1, 0.15) is 23.2 Å². The Balaban J connectivity index is 2.12. The summed E-state index contributed by atoms with van der Waals surface area (Å²) < 4.78 is 5.84. The molecule has 26 heavy (non-hydrogen) atoms. The van der Waals surface area contributed by atoms with Crippen molar-refractivity contribution in [3.8, 4) is 17.7 Å². The number of aryl methyl sites for hydroxylation is 1. The second-order valence-electron chi connectivity index (χ2n) is 5.95. The van der Waals surface area contributed by atoms with E-state index in [1.54, 1.807) is 25.1 Å². The molecular formula is C17H13ClN6O2. The maximum absolute atomic E-state index is 12.5. The predicted octanol–water partition coefficient (Wildman–Crippen LogP) is 2.38. The fourth-order valence-corrected chi connectivity index (χ4v) is 3.47.